The maximum atomic E-state index is 15.1. The van der Waals surface area contributed by atoms with Gasteiger partial charge in [0, 0.05) is 35.6 Å². The lowest BCUT2D eigenvalue weighted by Gasteiger charge is -2.61. The third-order valence-corrected chi connectivity index (χ3v) is 7.22. The minimum Gasteiger partial charge on any atom is -0.443 e. The number of aromatic nitrogens is 5. The molecule has 4 aliphatic rings. The van der Waals surface area contributed by atoms with Crippen LogP contribution >= 0.6 is 0 Å². The quantitative estimate of drug-likeness (QED) is 0.445. The summed E-state index contributed by atoms with van der Waals surface area (Å²) in [6.07, 6.45) is -1.82. The number of alkyl carbamates (subject to hydrolysis) is 1. The van der Waals surface area contributed by atoms with E-state index in [0.717, 1.165) is 19.3 Å². The number of carbonyl (C=O) groups excluding carboxylic acids is 1. The first-order valence-corrected chi connectivity index (χ1v) is 11.5. The Morgan fingerprint density at radius 2 is 2.09 bits per heavy atom. The molecule has 35 heavy (non-hydrogen) atoms. The lowest BCUT2D eigenvalue weighted by Crippen LogP contribution is -2.68. The molecular weight excluding hydrogens is 470 g/mol. The molecule has 2 bridgehead atoms. The van der Waals surface area contributed by atoms with Gasteiger partial charge < -0.3 is 15.4 Å². The summed E-state index contributed by atoms with van der Waals surface area (Å²) < 4.78 is 60.1. The zero-order chi connectivity index (χ0) is 24.4. The summed E-state index contributed by atoms with van der Waals surface area (Å²) in [4.78, 5) is 20.4. The van der Waals surface area contributed by atoms with Gasteiger partial charge in [-0.05, 0) is 44.1 Å². The lowest BCUT2D eigenvalue weighted by molar-refractivity contribution is -0.127. The maximum Gasteiger partial charge on any atom is 0.407 e. The van der Waals surface area contributed by atoms with Crippen LogP contribution < -0.4 is 10.6 Å². The highest BCUT2D eigenvalue weighted by atomic mass is 19.4. The van der Waals surface area contributed by atoms with E-state index in [1.807, 2.05) is 0 Å². The van der Waals surface area contributed by atoms with Crippen molar-refractivity contribution >= 4 is 23.5 Å². The molecule has 0 spiro atoms. The summed E-state index contributed by atoms with van der Waals surface area (Å²) >= 11 is 0. The molecule has 0 radical (unpaired) electrons. The molecule has 3 aromatic heterocycles. The molecule has 4 saturated carbocycles. The fraction of sp³-hybridized carbons (Fsp3) is 0.545. The second-order valence-electron chi connectivity index (χ2n) is 9.81. The fourth-order valence-corrected chi connectivity index (χ4v) is 5.44. The Hall–Kier alpha value is -3.38. The van der Waals surface area contributed by atoms with E-state index in [-0.39, 0.29) is 17.2 Å². The molecule has 3 atom stereocenters. The zero-order valence-electron chi connectivity index (χ0n) is 18.5. The van der Waals surface area contributed by atoms with Crippen LogP contribution in [-0.2, 0) is 11.2 Å². The summed E-state index contributed by atoms with van der Waals surface area (Å²) in [5, 5.41) is 12.8. The van der Waals surface area contributed by atoms with Crippen molar-refractivity contribution in [3.05, 3.63) is 35.9 Å². The Balaban J connectivity index is 1.11. The molecule has 7 rings (SSSR count). The Bertz CT molecular complexity index is 1260. The van der Waals surface area contributed by atoms with Crippen molar-refractivity contribution in [1.82, 2.24) is 29.9 Å². The van der Waals surface area contributed by atoms with Crippen LogP contribution in [0, 0.1) is 5.92 Å². The number of imidazole rings is 1. The van der Waals surface area contributed by atoms with E-state index < -0.39 is 36.9 Å². The summed E-state index contributed by atoms with van der Waals surface area (Å²) in [6, 6.07) is 3.12. The Labute approximate surface area is 196 Å². The van der Waals surface area contributed by atoms with Gasteiger partial charge in [-0.15, -0.1) is 0 Å². The largest absolute Gasteiger partial charge is 0.443 e. The van der Waals surface area contributed by atoms with Crippen molar-refractivity contribution in [2.75, 3.05) is 5.32 Å². The van der Waals surface area contributed by atoms with Crippen LogP contribution in [0.25, 0.3) is 5.65 Å². The Morgan fingerprint density at radius 3 is 2.80 bits per heavy atom. The molecule has 9 nitrogen and oxygen atoms in total. The minimum absolute atomic E-state index is 0.130. The number of anilines is 2. The highest BCUT2D eigenvalue weighted by Crippen LogP contribution is 2.57. The predicted octanol–water partition coefficient (Wildman–Crippen LogP) is 4.16. The number of ether oxygens (including phenoxy) is 1. The predicted molar refractivity (Wildman–Crippen MR) is 115 cm³/mol. The van der Waals surface area contributed by atoms with Crippen molar-refractivity contribution in [3.8, 4) is 0 Å². The number of fused-ring (bicyclic) bond motifs is 1. The first kappa shape index (κ1) is 22.1. The summed E-state index contributed by atoms with van der Waals surface area (Å²) in [6.45, 7) is 0. The van der Waals surface area contributed by atoms with Crippen LogP contribution in [-0.4, -0.2) is 54.7 Å². The lowest BCUT2D eigenvalue weighted by atomic mass is 9.50. The third kappa shape index (κ3) is 4.16. The molecular formula is C22H23F4N7O2. The van der Waals surface area contributed by atoms with Crippen molar-refractivity contribution in [1.29, 1.82) is 0 Å². The van der Waals surface area contributed by atoms with Gasteiger partial charge in [-0.3, -0.25) is 9.50 Å². The van der Waals surface area contributed by atoms with Gasteiger partial charge in [0.15, 0.2) is 5.82 Å². The molecule has 0 aliphatic heterocycles. The third-order valence-electron chi connectivity index (χ3n) is 7.22. The SMILES string of the molecule is O=C(NC12CC(C1)C2)OC1CCC(c2cc(Nc3nccc4nc(CC(F)(F)F)cn34)n[nH]2)C1F. The number of amides is 1. The number of hydrogen-bond donors (Lipinski definition) is 3. The van der Waals surface area contributed by atoms with Gasteiger partial charge in [-0.25, -0.2) is 19.2 Å². The van der Waals surface area contributed by atoms with Crippen LogP contribution in [0.4, 0.5) is 34.1 Å². The van der Waals surface area contributed by atoms with E-state index in [1.165, 1.54) is 22.9 Å². The average molecular weight is 493 g/mol. The van der Waals surface area contributed by atoms with Crippen molar-refractivity contribution in [3.63, 3.8) is 0 Å². The molecule has 4 fully saturated rings. The van der Waals surface area contributed by atoms with Gasteiger partial charge in [-0.1, -0.05) is 0 Å². The maximum absolute atomic E-state index is 15.1. The number of nitrogens with zero attached hydrogens (tertiary/aromatic N) is 4. The molecule has 3 unspecified atom stereocenters. The molecule has 3 aromatic rings. The van der Waals surface area contributed by atoms with Gasteiger partial charge in [0.05, 0.1) is 12.1 Å². The van der Waals surface area contributed by atoms with Gasteiger partial charge >= 0.3 is 12.3 Å². The van der Waals surface area contributed by atoms with E-state index in [2.05, 4.69) is 30.8 Å². The van der Waals surface area contributed by atoms with E-state index >= 15 is 4.39 Å². The second kappa shape index (κ2) is 7.82. The summed E-state index contributed by atoms with van der Waals surface area (Å²) in [7, 11) is 0. The van der Waals surface area contributed by atoms with E-state index in [1.54, 1.807) is 6.07 Å². The van der Waals surface area contributed by atoms with Crippen molar-refractivity contribution in [2.45, 2.75) is 68.4 Å². The van der Waals surface area contributed by atoms with E-state index in [0.29, 0.717) is 35.9 Å². The molecule has 186 valence electrons. The smallest absolute Gasteiger partial charge is 0.407 e. The monoisotopic (exact) mass is 493 g/mol. The first-order chi connectivity index (χ1) is 16.7. The molecule has 3 N–H and O–H groups in total. The number of aromatic amines is 1. The van der Waals surface area contributed by atoms with Crippen LogP contribution in [0.2, 0.25) is 0 Å². The number of alkyl halides is 4. The molecule has 13 heteroatoms. The Morgan fingerprint density at radius 1 is 1.29 bits per heavy atom. The topological polar surface area (TPSA) is 109 Å². The Kier molecular flexibility index (Phi) is 4.94. The first-order valence-electron chi connectivity index (χ1n) is 11.5. The van der Waals surface area contributed by atoms with Gasteiger partial charge in [0.25, 0.3) is 0 Å². The highest BCUT2D eigenvalue weighted by Gasteiger charge is 2.58. The number of rotatable bonds is 6. The molecule has 3 heterocycles. The van der Waals surface area contributed by atoms with Crippen molar-refractivity contribution < 1.29 is 27.1 Å². The van der Waals surface area contributed by atoms with E-state index in [9.17, 15) is 18.0 Å². The molecule has 0 aromatic carbocycles. The second-order valence-corrected chi connectivity index (χ2v) is 9.81. The van der Waals surface area contributed by atoms with Gasteiger partial charge in [0.2, 0.25) is 5.95 Å². The number of nitrogens with one attached hydrogen (secondary N) is 3. The summed E-state index contributed by atoms with van der Waals surface area (Å²) in [5.41, 5.74) is 0.567. The van der Waals surface area contributed by atoms with Crippen LogP contribution in [0.3, 0.4) is 0 Å². The fourth-order valence-electron chi connectivity index (χ4n) is 5.44. The molecule has 0 saturated heterocycles. The molecule has 1 amide bonds. The highest BCUT2D eigenvalue weighted by molar-refractivity contribution is 5.69. The average Bonchev–Trinajstić information content (AvgIpc) is 3.42. The molecule has 4 aliphatic carbocycles. The van der Waals surface area contributed by atoms with E-state index in [4.69, 9.17) is 4.74 Å². The number of hydrogen-bond acceptors (Lipinski definition) is 6. The number of halogens is 4. The van der Waals surface area contributed by atoms with Gasteiger partial charge in [0.1, 0.15) is 17.9 Å². The van der Waals surface area contributed by atoms with Gasteiger partial charge in [-0.2, -0.15) is 18.3 Å². The minimum atomic E-state index is -4.38. The van der Waals surface area contributed by atoms with Crippen molar-refractivity contribution in [2.24, 2.45) is 5.92 Å². The number of carbonyl (C=O) groups is 1. The number of H-pyrrole nitrogens is 1. The standard InChI is InChI=1S/C22H23F4N7O2/c23-18-13(1-2-15(18)35-20(34)30-21-6-11(7-21)8-21)14-5-16(32-31-14)29-19-27-4-3-17-28-12(10-33(17)19)9-22(24,25)26/h3-5,10-11,13,15,18H,1-2,6-9H2,(H,30,34)(H2,27,29,31,32). The van der Waals surface area contributed by atoms with Crippen LogP contribution in [0.15, 0.2) is 24.5 Å². The van der Waals surface area contributed by atoms with Crippen LogP contribution in [0.1, 0.15) is 49.4 Å². The zero-order valence-corrected chi connectivity index (χ0v) is 18.5. The van der Waals surface area contributed by atoms with Crippen LogP contribution in [0.5, 0.6) is 0 Å². The summed E-state index contributed by atoms with van der Waals surface area (Å²) in [5.74, 6) is 0.725. The normalized spacial score (nSPS) is 29.5.